The molecule has 0 saturated heterocycles. The zero-order valence-electron chi connectivity index (χ0n) is 9.75. The van der Waals surface area contributed by atoms with Gasteiger partial charge in [-0.25, -0.2) is 8.42 Å². The third kappa shape index (κ3) is 2.57. The van der Waals surface area contributed by atoms with Crippen LogP contribution in [0.15, 0.2) is 64.0 Å². The molecule has 0 bridgehead atoms. The Hall–Kier alpha value is -1.33. The molecule has 0 aliphatic heterocycles. The predicted octanol–water partition coefficient (Wildman–Crippen LogP) is 3.27. The molecule has 3 nitrogen and oxygen atoms in total. The van der Waals surface area contributed by atoms with Crippen molar-refractivity contribution >= 4 is 31.6 Å². The Labute approximate surface area is 115 Å². The van der Waals surface area contributed by atoms with Crippen LogP contribution in [0.4, 0.5) is 5.69 Å². The van der Waals surface area contributed by atoms with Crippen molar-refractivity contribution in [2.45, 2.75) is 4.90 Å². The van der Waals surface area contributed by atoms with Gasteiger partial charge >= 0.3 is 0 Å². The van der Waals surface area contributed by atoms with Gasteiger partial charge in [0.2, 0.25) is 0 Å². The first-order valence-electron chi connectivity index (χ1n) is 5.31. The van der Waals surface area contributed by atoms with Crippen LogP contribution >= 0.6 is 15.9 Å². The van der Waals surface area contributed by atoms with E-state index in [1.807, 2.05) is 18.2 Å². The standard InChI is InChI=1S/C13H12BrNO2S/c1-15(12-5-3-2-4-6-12)18(16,17)13-9-7-11(14)8-10-13/h2-10H,1H3. The molecule has 2 aromatic rings. The summed E-state index contributed by atoms with van der Waals surface area (Å²) in [6.07, 6.45) is 0. The molecule has 18 heavy (non-hydrogen) atoms. The van der Waals surface area contributed by atoms with Crippen molar-refractivity contribution in [1.82, 2.24) is 0 Å². The van der Waals surface area contributed by atoms with Gasteiger partial charge in [-0.1, -0.05) is 34.1 Å². The molecular formula is C13H12BrNO2S. The Morgan fingerprint density at radius 2 is 1.50 bits per heavy atom. The number of sulfonamides is 1. The number of hydrogen-bond donors (Lipinski definition) is 0. The summed E-state index contributed by atoms with van der Waals surface area (Å²) in [6.45, 7) is 0. The second kappa shape index (κ2) is 5.12. The van der Waals surface area contributed by atoms with Crippen LogP contribution in [0, 0.1) is 0 Å². The van der Waals surface area contributed by atoms with Gasteiger partial charge in [-0.15, -0.1) is 0 Å². The van der Waals surface area contributed by atoms with Gasteiger partial charge < -0.3 is 0 Å². The van der Waals surface area contributed by atoms with Crippen molar-refractivity contribution in [2.24, 2.45) is 0 Å². The summed E-state index contributed by atoms with van der Waals surface area (Å²) >= 11 is 3.29. The van der Waals surface area contributed by atoms with Gasteiger partial charge in [0, 0.05) is 11.5 Å². The lowest BCUT2D eigenvalue weighted by molar-refractivity contribution is 0.594. The number of benzene rings is 2. The highest BCUT2D eigenvalue weighted by Gasteiger charge is 2.20. The first kappa shape index (κ1) is 13.1. The maximum absolute atomic E-state index is 12.4. The highest BCUT2D eigenvalue weighted by atomic mass is 79.9. The fourth-order valence-corrected chi connectivity index (χ4v) is 3.00. The second-order valence-corrected chi connectivity index (χ2v) is 6.65. The Bertz CT molecular complexity index is 624. The van der Waals surface area contributed by atoms with Crippen molar-refractivity contribution in [3.8, 4) is 0 Å². The van der Waals surface area contributed by atoms with E-state index in [9.17, 15) is 8.42 Å². The fourth-order valence-electron chi connectivity index (χ4n) is 1.54. The summed E-state index contributed by atoms with van der Waals surface area (Å²) in [5.74, 6) is 0. The molecule has 0 heterocycles. The molecule has 0 saturated carbocycles. The number of rotatable bonds is 3. The van der Waals surface area contributed by atoms with Crippen LogP contribution < -0.4 is 4.31 Å². The zero-order chi connectivity index (χ0) is 13.2. The average molecular weight is 326 g/mol. The van der Waals surface area contributed by atoms with Gasteiger partial charge in [0.1, 0.15) is 0 Å². The van der Waals surface area contributed by atoms with E-state index in [4.69, 9.17) is 0 Å². The SMILES string of the molecule is CN(c1ccccc1)S(=O)(=O)c1ccc(Br)cc1. The van der Waals surface area contributed by atoms with Crippen molar-refractivity contribution in [3.05, 3.63) is 59.1 Å². The van der Waals surface area contributed by atoms with Gasteiger partial charge in [-0.2, -0.15) is 0 Å². The molecule has 0 amide bonds. The molecule has 0 spiro atoms. The highest BCUT2D eigenvalue weighted by molar-refractivity contribution is 9.10. The largest absolute Gasteiger partial charge is 0.269 e. The molecule has 0 fully saturated rings. The topological polar surface area (TPSA) is 37.4 Å². The van der Waals surface area contributed by atoms with Crippen LogP contribution in [0.3, 0.4) is 0 Å². The van der Waals surface area contributed by atoms with E-state index in [2.05, 4.69) is 15.9 Å². The number of para-hydroxylation sites is 1. The monoisotopic (exact) mass is 325 g/mol. The molecule has 0 aliphatic carbocycles. The lowest BCUT2D eigenvalue weighted by Gasteiger charge is -2.19. The Morgan fingerprint density at radius 1 is 0.944 bits per heavy atom. The number of halogens is 1. The quantitative estimate of drug-likeness (QED) is 0.868. The smallest absolute Gasteiger partial charge is 0.264 e. The minimum absolute atomic E-state index is 0.275. The van der Waals surface area contributed by atoms with E-state index in [-0.39, 0.29) is 4.90 Å². The highest BCUT2D eigenvalue weighted by Crippen LogP contribution is 2.22. The molecule has 0 N–H and O–H groups in total. The zero-order valence-corrected chi connectivity index (χ0v) is 12.1. The summed E-state index contributed by atoms with van der Waals surface area (Å²) in [5, 5.41) is 0. The first-order valence-corrected chi connectivity index (χ1v) is 7.54. The summed E-state index contributed by atoms with van der Waals surface area (Å²) in [4.78, 5) is 0.275. The minimum Gasteiger partial charge on any atom is -0.269 e. The molecule has 0 radical (unpaired) electrons. The lowest BCUT2D eigenvalue weighted by Crippen LogP contribution is -2.26. The van der Waals surface area contributed by atoms with Crippen LogP contribution in [0.5, 0.6) is 0 Å². The van der Waals surface area contributed by atoms with Gasteiger partial charge in [-0.3, -0.25) is 4.31 Å². The van der Waals surface area contributed by atoms with Crippen LogP contribution in [-0.4, -0.2) is 15.5 Å². The second-order valence-electron chi connectivity index (χ2n) is 3.76. The minimum atomic E-state index is -3.50. The predicted molar refractivity (Wildman–Crippen MR) is 76.2 cm³/mol. The lowest BCUT2D eigenvalue weighted by atomic mass is 10.3. The van der Waals surface area contributed by atoms with E-state index in [0.717, 1.165) is 4.47 Å². The molecule has 0 atom stereocenters. The number of nitrogens with zero attached hydrogens (tertiary/aromatic N) is 1. The van der Waals surface area contributed by atoms with Gasteiger partial charge in [0.05, 0.1) is 10.6 Å². The third-order valence-corrected chi connectivity index (χ3v) is 4.92. The molecule has 2 aromatic carbocycles. The summed E-state index contributed by atoms with van der Waals surface area (Å²) in [7, 11) is -1.95. The fraction of sp³-hybridized carbons (Fsp3) is 0.0769. The van der Waals surface area contributed by atoms with E-state index in [1.54, 1.807) is 43.4 Å². The molecule has 2 rings (SSSR count). The van der Waals surface area contributed by atoms with Crippen molar-refractivity contribution in [2.75, 3.05) is 11.4 Å². The normalized spacial score (nSPS) is 11.2. The molecule has 0 aliphatic rings. The van der Waals surface area contributed by atoms with Gasteiger partial charge in [-0.05, 0) is 36.4 Å². The maximum Gasteiger partial charge on any atom is 0.264 e. The maximum atomic E-state index is 12.4. The Balaban J connectivity index is 2.40. The van der Waals surface area contributed by atoms with Crippen LogP contribution in [0.1, 0.15) is 0 Å². The average Bonchev–Trinajstić information content (AvgIpc) is 2.39. The van der Waals surface area contributed by atoms with Gasteiger partial charge in [0.25, 0.3) is 10.0 Å². The van der Waals surface area contributed by atoms with Crippen molar-refractivity contribution in [1.29, 1.82) is 0 Å². The van der Waals surface area contributed by atoms with Crippen LogP contribution in [0.2, 0.25) is 0 Å². The van der Waals surface area contributed by atoms with E-state index in [0.29, 0.717) is 5.69 Å². The Morgan fingerprint density at radius 3 is 2.06 bits per heavy atom. The molecule has 94 valence electrons. The van der Waals surface area contributed by atoms with E-state index < -0.39 is 10.0 Å². The summed E-state index contributed by atoms with van der Waals surface area (Å²) in [6, 6.07) is 15.6. The molecular weight excluding hydrogens is 314 g/mol. The summed E-state index contributed by atoms with van der Waals surface area (Å²) < 4.78 is 26.8. The summed E-state index contributed by atoms with van der Waals surface area (Å²) in [5.41, 5.74) is 0.639. The van der Waals surface area contributed by atoms with Crippen LogP contribution in [0.25, 0.3) is 0 Å². The third-order valence-electron chi connectivity index (χ3n) is 2.59. The first-order chi connectivity index (χ1) is 8.51. The van der Waals surface area contributed by atoms with Crippen molar-refractivity contribution in [3.63, 3.8) is 0 Å². The molecule has 5 heteroatoms. The van der Waals surface area contributed by atoms with E-state index in [1.165, 1.54) is 4.31 Å². The molecule has 0 unspecified atom stereocenters. The van der Waals surface area contributed by atoms with Crippen molar-refractivity contribution < 1.29 is 8.42 Å². The molecule has 0 aromatic heterocycles. The van der Waals surface area contributed by atoms with E-state index >= 15 is 0 Å². The number of anilines is 1. The Kier molecular flexibility index (Phi) is 3.73. The van der Waals surface area contributed by atoms with Gasteiger partial charge in [0.15, 0.2) is 0 Å². The number of hydrogen-bond acceptors (Lipinski definition) is 2. The van der Waals surface area contributed by atoms with Crippen LogP contribution in [-0.2, 0) is 10.0 Å².